The Kier molecular flexibility index (Phi) is 3.53. The summed E-state index contributed by atoms with van der Waals surface area (Å²) in [6.45, 7) is 5.55. The average molecular weight is 190 g/mol. The summed E-state index contributed by atoms with van der Waals surface area (Å²) in [6.07, 6.45) is 3.43. The molecule has 1 heterocycles. The zero-order valence-electron chi connectivity index (χ0n) is 7.45. The van der Waals surface area contributed by atoms with E-state index < -0.39 is 0 Å². The van der Waals surface area contributed by atoms with Crippen molar-refractivity contribution < 1.29 is 0 Å². The minimum Gasteiger partial charge on any atom is -0.260 e. The van der Waals surface area contributed by atoms with Crippen molar-refractivity contribution in [1.29, 1.82) is 5.26 Å². The van der Waals surface area contributed by atoms with Crippen molar-refractivity contribution in [1.82, 2.24) is 4.98 Å². The molecule has 0 N–H and O–H groups in total. The molecule has 13 heavy (non-hydrogen) atoms. The number of aromatic nitrogens is 1. The van der Waals surface area contributed by atoms with E-state index in [1.54, 1.807) is 18.0 Å². The highest BCUT2D eigenvalue weighted by Gasteiger charge is 2.02. The Morgan fingerprint density at radius 2 is 2.54 bits per heavy atom. The van der Waals surface area contributed by atoms with Gasteiger partial charge in [-0.3, -0.25) is 4.98 Å². The third-order valence-corrected chi connectivity index (χ3v) is 2.53. The lowest BCUT2D eigenvalue weighted by molar-refractivity contribution is 1.14. The van der Waals surface area contributed by atoms with Crippen molar-refractivity contribution in [2.45, 2.75) is 11.8 Å². The lowest BCUT2D eigenvalue weighted by Crippen LogP contribution is -1.87. The monoisotopic (exact) mass is 190 g/mol. The summed E-state index contributed by atoms with van der Waals surface area (Å²) in [6, 6.07) is 4.04. The van der Waals surface area contributed by atoms with Crippen LogP contribution in [-0.2, 0) is 0 Å². The topological polar surface area (TPSA) is 36.7 Å². The van der Waals surface area contributed by atoms with Crippen molar-refractivity contribution in [3.8, 4) is 6.07 Å². The first kappa shape index (κ1) is 9.82. The fourth-order valence-electron chi connectivity index (χ4n) is 0.887. The predicted molar refractivity (Wildman–Crippen MR) is 54.6 cm³/mol. The Balaban J connectivity index is 2.95. The van der Waals surface area contributed by atoms with Gasteiger partial charge in [0.15, 0.2) is 0 Å². The lowest BCUT2D eigenvalue weighted by atomic mass is 10.3. The third-order valence-electron chi connectivity index (χ3n) is 1.48. The second kappa shape index (κ2) is 4.68. The number of hydrogen-bond acceptors (Lipinski definition) is 3. The summed E-state index contributed by atoms with van der Waals surface area (Å²) in [7, 11) is 0. The quantitative estimate of drug-likeness (QED) is 0.543. The Bertz CT molecular complexity index is 352. The van der Waals surface area contributed by atoms with Crippen LogP contribution in [0.25, 0.3) is 0 Å². The van der Waals surface area contributed by atoms with Crippen LogP contribution in [0.3, 0.4) is 0 Å². The van der Waals surface area contributed by atoms with E-state index in [0.717, 1.165) is 16.3 Å². The molecule has 0 bridgehead atoms. The average Bonchev–Trinajstić information content (AvgIpc) is 2.15. The zero-order chi connectivity index (χ0) is 9.68. The van der Waals surface area contributed by atoms with Gasteiger partial charge in [0.1, 0.15) is 6.07 Å². The number of hydrogen-bond donors (Lipinski definition) is 0. The van der Waals surface area contributed by atoms with Crippen LogP contribution in [0.15, 0.2) is 29.8 Å². The van der Waals surface area contributed by atoms with Gasteiger partial charge < -0.3 is 0 Å². The molecule has 2 nitrogen and oxygen atoms in total. The minimum absolute atomic E-state index is 0.637. The van der Waals surface area contributed by atoms with Crippen LogP contribution in [-0.4, -0.2) is 10.7 Å². The SMILES string of the molecule is C=CCSc1cc(C)ncc1C#N. The third kappa shape index (κ3) is 2.60. The van der Waals surface area contributed by atoms with Gasteiger partial charge in [0.2, 0.25) is 0 Å². The molecule has 0 radical (unpaired) electrons. The summed E-state index contributed by atoms with van der Waals surface area (Å²) in [4.78, 5) is 5.04. The highest BCUT2D eigenvalue weighted by Crippen LogP contribution is 2.22. The second-order valence-electron chi connectivity index (χ2n) is 2.53. The van der Waals surface area contributed by atoms with Gasteiger partial charge in [0, 0.05) is 22.5 Å². The normalized spacial score (nSPS) is 9.23. The first-order valence-electron chi connectivity index (χ1n) is 3.88. The van der Waals surface area contributed by atoms with Crippen molar-refractivity contribution >= 4 is 11.8 Å². The number of thioether (sulfide) groups is 1. The molecular weight excluding hydrogens is 180 g/mol. The molecule has 66 valence electrons. The van der Waals surface area contributed by atoms with E-state index in [9.17, 15) is 0 Å². The van der Waals surface area contributed by atoms with Crippen LogP contribution < -0.4 is 0 Å². The van der Waals surface area contributed by atoms with Crippen molar-refractivity contribution in [2.75, 3.05) is 5.75 Å². The summed E-state index contributed by atoms with van der Waals surface area (Å²) in [5.74, 6) is 0.818. The van der Waals surface area contributed by atoms with E-state index in [0.29, 0.717) is 5.56 Å². The Morgan fingerprint density at radius 3 is 3.15 bits per heavy atom. The number of pyridine rings is 1. The minimum atomic E-state index is 0.637. The molecule has 0 aliphatic rings. The fraction of sp³-hybridized carbons (Fsp3) is 0.200. The van der Waals surface area contributed by atoms with Gasteiger partial charge in [-0.1, -0.05) is 6.08 Å². The maximum absolute atomic E-state index is 8.78. The highest BCUT2D eigenvalue weighted by atomic mass is 32.2. The summed E-state index contributed by atoms with van der Waals surface area (Å²) in [5, 5.41) is 8.78. The number of aryl methyl sites for hydroxylation is 1. The van der Waals surface area contributed by atoms with Gasteiger partial charge in [0.25, 0.3) is 0 Å². The molecule has 0 saturated heterocycles. The smallest absolute Gasteiger partial charge is 0.102 e. The number of rotatable bonds is 3. The molecule has 0 fully saturated rings. The van der Waals surface area contributed by atoms with Gasteiger partial charge in [0.05, 0.1) is 5.56 Å². The summed E-state index contributed by atoms with van der Waals surface area (Å²) >= 11 is 1.61. The molecule has 0 aliphatic heterocycles. The first-order chi connectivity index (χ1) is 6.27. The maximum atomic E-state index is 8.78. The van der Waals surface area contributed by atoms with Gasteiger partial charge >= 0.3 is 0 Å². The molecule has 0 spiro atoms. The molecule has 0 unspecified atom stereocenters. The van der Waals surface area contributed by atoms with Gasteiger partial charge in [-0.2, -0.15) is 5.26 Å². The zero-order valence-corrected chi connectivity index (χ0v) is 8.27. The summed E-state index contributed by atoms with van der Waals surface area (Å²) < 4.78 is 0. The fourth-order valence-corrected chi connectivity index (χ4v) is 1.69. The number of nitrogens with zero attached hydrogens (tertiary/aromatic N) is 2. The molecule has 0 saturated carbocycles. The van der Waals surface area contributed by atoms with E-state index in [1.165, 1.54) is 0 Å². The lowest BCUT2D eigenvalue weighted by Gasteiger charge is -2.01. The van der Waals surface area contributed by atoms with Crippen molar-refractivity contribution in [2.24, 2.45) is 0 Å². The predicted octanol–water partition coefficient (Wildman–Crippen LogP) is 2.54. The van der Waals surface area contributed by atoms with E-state index >= 15 is 0 Å². The second-order valence-corrected chi connectivity index (χ2v) is 3.60. The Labute approximate surface area is 82.3 Å². The largest absolute Gasteiger partial charge is 0.260 e. The molecule has 0 aromatic carbocycles. The molecule has 0 aliphatic carbocycles. The van der Waals surface area contributed by atoms with Crippen LogP contribution in [0.4, 0.5) is 0 Å². The van der Waals surface area contributed by atoms with Gasteiger partial charge in [-0.15, -0.1) is 18.3 Å². The van der Waals surface area contributed by atoms with Crippen LogP contribution in [0.2, 0.25) is 0 Å². The van der Waals surface area contributed by atoms with E-state index in [-0.39, 0.29) is 0 Å². The van der Waals surface area contributed by atoms with Crippen LogP contribution >= 0.6 is 11.8 Å². The van der Waals surface area contributed by atoms with Crippen LogP contribution in [0, 0.1) is 18.3 Å². The molecule has 3 heteroatoms. The Morgan fingerprint density at radius 1 is 1.77 bits per heavy atom. The van der Waals surface area contributed by atoms with Crippen molar-refractivity contribution in [3.63, 3.8) is 0 Å². The molecular formula is C10H10N2S. The highest BCUT2D eigenvalue weighted by molar-refractivity contribution is 7.99. The molecule has 0 atom stereocenters. The van der Waals surface area contributed by atoms with E-state index in [2.05, 4.69) is 17.6 Å². The molecule has 1 rings (SSSR count). The van der Waals surface area contributed by atoms with Crippen LogP contribution in [0.1, 0.15) is 11.3 Å². The Hall–Kier alpha value is -1.27. The number of nitriles is 1. The molecule has 0 amide bonds. The molecule has 1 aromatic heterocycles. The van der Waals surface area contributed by atoms with E-state index in [1.807, 2.05) is 19.1 Å². The van der Waals surface area contributed by atoms with Crippen molar-refractivity contribution in [3.05, 3.63) is 36.2 Å². The van der Waals surface area contributed by atoms with Gasteiger partial charge in [-0.05, 0) is 13.0 Å². The van der Waals surface area contributed by atoms with Gasteiger partial charge in [-0.25, -0.2) is 0 Å². The van der Waals surface area contributed by atoms with Crippen LogP contribution in [0.5, 0.6) is 0 Å². The maximum Gasteiger partial charge on any atom is 0.102 e. The summed E-state index contributed by atoms with van der Waals surface area (Å²) in [5.41, 5.74) is 1.57. The molecule has 1 aromatic rings. The van der Waals surface area contributed by atoms with E-state index in [4.69, 9.17) is 5.26 Å². The standard InChI is InChI=1S/C10H10N2S/c1-3-4-13-10-5-8(2)12-7-9(10)6-11/h3,5,7H,1,4H2,2H3. The first-order valence-corrected chi connectivity index (χ1v) is 4.87.